The molecule has 0 bridgehead atoms. The van der Waals surface area contributed by atoms with Crippen LogP contribution in [0.4, 0.5) is 5.13 Å². The molecule has 3 rings (SSSR count). The monoisotopic (exact) mass is 351 g/mol. The number of aromatic nitrogens is 3. The van der Waals surface area contributed by atoms with Crippen molar-refractivity contribution in [1.29, 1.82) is 0 Å². The maximum absolute atomic E-state index is 12.1. The SMILES string of the molecule is CCc1cc(=O)n2nc(N(C)CCN3C[C@@H](C)O[C@@H](C)C3)sc2n1. The number of anilines is 1. The Morgan fingerprint density at radius 3 is 2.75 bits per heavy atom. The summed E-state index contributed by atoms with van der Waals surface area (Å²) < 4.78 is 7.17. The van der Waals surface area contributed by atoms with Crippen LogP contribution in [0.1, 0.15) is 26.5 Å². The van der Waals surface area contributed by atoms with Crippen molar-refractivity contribution in [1.82, 2.24) is 19.5 Å². The molecule has 2 atom stereocenters. The molecule has 0 aliphatic carbocycles. The van der Waals surface area contributed by atoms with Gasteiger partial charge in [0.2, 0.25) is 10.1 Å². The van der Waals surface area contributed by atoms with Gasteiger partial charge in [-0.25, -0.2) is 4.98 Å². The number of rotatable bonds is 5. The molecule has 1 saturated heterocycles. The lowest BCUT2D eigenvalue weighted by atomic mass is 10.2. The van der Waals surface area contributed by atoms with Crippen LogP contribution >= 0.6 is 11.3 Å². The van der Waals surface area contributed by atoms with E-state index >= 15 is 0 Å². The van der Waals surface area contributed by atoms with Gasteiger partial charge in [-0.05, 0) is 20.3 Å². The molecule has 2 aromatic heterocycles. The highest BCUT2D eigenvalue weighted by Gasteiger charge is 2.22. The zero-order valence-electron chi connectivity index (χ0n) is 14.7. The second-order valence-electron chi connectivity index (χ2n) is 6.46. The van der Waals surface area contributed by atoms with E-state index in [1.807, 2.05) is 14.0 Å². The van der Waals surface area contributed by atoms with Crippen LogP contribution in [-0.4, -0.2) is 64.9 Å². The van der Waals surface area contributed by atoms with Crippen molar-refractivity contribution in [2.45, 2.75) is 39.4 Å². The number of aryl methyl sites for hydroxylation is 1. The lowest BCUT2D eigenvalue weighted by Gasteiger charge is -2.36. The molecule has 2 aromatic rings. The van der Waals surface area contributed by atoms with E-state index in [0.29, 0.717) is 4.96 Å². The van der Waals surface area contributed by atoms with E-state index in [1.54, 1.807) is 6.07 Å². The molecule has 8 heteroatoms. The molecule has 1 aliphatic rings. The van der Waals surface area contributed by atoms with Gasteiger partial charge in [0.25, 0.3) is 5.56 Å². The molecule has 0 aromatic carbocycles. The standard InChI is InChI=1S/C16H25N5O2S/c1-5-13-8-14(22)21-15(17-13)24-16(18-21)19(4)6-7-20-9-11(2)23-12(3)10-20/h8,11-12H,5-7,9-10H2,1-4H3/t11-,12+. The normalized spacial score (nSPS) is 22.2. The summed E-state index contributed by atoms with van der Waals surface area (Å²) in [6.07, 6.45) is 1.30. The summed E-state index contributed by atoms with van der Waals surface area (Å²) in [6, 6.07) is 1.56. The molecule has 24 heavy (non-hydrogen) atoms. The Morgan fingerprint density at radius 2 is 2.08 bits per heavy atom. The van der Waals surface area contributed by atoms with Crippen molar-refractivity contribution in [2.24, 2.45) is 0 Å². The molecule has 3 heterocycles. The van der Waals surface area contributed by atoms with Gasteiger partial charge in [-0.15, -0.1) is 5.10 Å². The van der Waals surface area contributed by atoms with E-state index < -0.39 is 0 Å². The topological polar surface area (TPSA) is 63.0 Å². The van der Waals surface area contributed by atoms with Crippen LogP contribution in [0.2, 0.25) is 0 Å². The van der Waals surface area contributed by atoms with E-state index in [4.69, 9.17) is 4.74 Å². The molecular weight excluding hydrogens is 326 g/mol. The Morgan fingerprint density at radius 1 is 1.38 bits per heavy atom. The first-order valence-electron chi connectivity index (χ1n) is 8.45. The van der Waals surface area contributed by atoms with E-state index in [-0.39, 0.29) is 17.8 Å². The van der Waals surface area contributed by atoms with Crippen LogP contribution in [0.3, 0.4) is 0 Å². The van der Waals surface area contributed by atoms with Gasteiger partial charge in [0.15, 0.2) is 0 Å². The highest BCUT2D eigenvalue weighted by Crippen LogP contribution is 2.20. The molecule has 0 radical (unpaired) electrons. The summed E-state index contributed by atoms with van der Waals surface area (Å²) in [4.78, 5) is 21.8. The molecule has 1 fully saturated rings. The Kier molecular flexibility index (Phi) is 5.17. The summed E-state index contributed by atoms with van der Waals surface area (Å²) in [7, 11) is 2.01. The van der Waals surface area contributed by atoms with Gasteiger partial charge in [0, 0.05) is 45.0 Å². The zero-order valence-corrected chi connectivity index (χ0v) is 15.5. The third-order valence-electron chi connectivity index (χ3n) is 4.22. The first-order valence-corrected chi connectivity index (χ1v) is 9.26. The van der Waals surface area contributed by atoms with Crippen LogP contribution in [0.15, 0.2) is 10.9 Å². The fourth-order valence-corrected chi connectivity index (χ4v) is 3.95. The number of fused-ring (bicyclic) bond motifs is 1. The van der Waals surface area contributed by atoms with Gasteiger partial charge in [-0.2, -0.15) is 4.52 Å². The number of hydrogen-bond donors (Lipinski definition) is 0. The van der Waals surface area contributed by atoms with Gasteiger partial charge in [-0.3, -0.25) is 9.69 Å². The molecule has 0 saturated carbocycles. The summed E-state index contributed by atoms with van der Waals surface area (Å²) in [5, 5.41) is 5.25. The van der Waals surface area contributed by atoms with Gasteiger partial charge < -0.3 is 9.64 Å². The van der Waals surface area contributed by atoms with Crippen LogP contribution in [0, 0.1) is 0 Å². The Balaban J connectivity index is 1.69. The van der Waals surface area contributed by atoms with Crippen molar-refractivity contribution < 1.29 is 4.74 Å². The van der Waals surface area contributed by atoms with Crippen molar-refractivity contribution in [2.75, 3.05) is 38.1 Å². The smallest absolute Gasteiger partial charge is 0.275 e. The molecule has 1 aliphatic heterocycles. The van der Waals surface area contributed by atoms with E-state index in [1.165, 1.54) is 15.9 Å². The van der Waals surface area contributed by atoms with Crippen LogP contribution in [-0.2, 0) is 11.2 Å². The maximum atomic E-state index is 12.1. The number of nitrogens with zero attached hydrogens (tertiary/aromatic N) is 5. The van der Waals surface area contributed by atoms with Crippen LogP contribution in [0.25, 0.3) is 4.96 Å². The Labute approximate surface area is 145 Å². The van der Waals surface area contributed by atoms with Crippen LogP contribution in [0.5, 0.6) is 0 Å². The van der Waals surface area contributed by atoms with E-state index in [2.05, 4.69) is 33.7 Å². The molecule has 7 nitrogen and oxygen atoms in total. The number of ether oxygens (including phenoxy) is 1. The molecular formula is C16H25N5O2S. The third-order valence-corrected chi connectivity index (χ3v) is 5.25. The maximum Gasteiger partial charge on any atom is 0.275 e. The second kappa shape index (κ2) is 7.16. The van der Waals surface area contributed by atoms with Crippen molar-refractivity contribution in [3.63, 3.8) is 0 Å². The largest absolute Gasteiger partial charge is 0.373 e. The lowest BCUT2D eigenvalue weighted by molar-refractivity contribution is -0.0670. The zero-order chi connectivity index (χ0) is 17.3. The van der Waals surface area contributed by atoms with Gasteiger partial charge in [0.05, 0.1) is 12.2 Å². The number of morpholine rings is 1. The predicted octanol–water partition coefficient (Wildman–Crippen LogP) is 1.26. The molecule has 132 valence electrons. The fourth-order valence-electron chi connectivity index (χ4n) is 3.04. The van der Waals surface area contributed by atoms with Gasteiger partial charge >= 0.3 is 0 Å². The minimum atomic E-state index is -0.108. The average Bonchev–Trinajstić information content (AvgIpc) is 2.96. The third kappa shape index (κ3) is 3.76. The quantitative estimate of drug-likeness (QED) is 0.808. The molecule has 0 amide bonds. The highest BCUT2D eigenvalue weighted by atomic mass is 32.1. The summed E-state index contributed by atoms with van der Waals surface area (Å²) in [5.41, 5.74) is 0.706. The van der Waals surface area contributed by atoms with Crippen LogP contribution < -0.4 is 10.5 Å². The molecule has 0 unspecified atom stereocenters. The van der Waals surface area contributed by atoms with Crippen molar-refractivity contribution >= 4 is 21.4 Å². The lowest BCUT2D eigenvalue weighted by Crippen LogP contribution is -2.47. The van der Waals surface area contributed by atoms with Gasteiger partial charge in [-0.1, -0.05) is 18.3 Å². The molecule has 0 spiro atoms. The molecule has 0 N–H and O–H groups in total. The highest BCUT2D eigenvalue weighted by molar-refractivity contribution is 7.20. The average molecular weight is 351 g/mol. The number of hydrogen-bond acceptors (Lipinski definition) is 7. The Bertz CT molecular complexity index is 748. The first-order chi connectivity index (χ1) is 11.5. The first kappa shape index (κ1) is 17.3. The summed E-state index contributed by atoms with van der Waals surface area (Å²) >= 11 is 1.46. The summed E-state index contributed by atoms with van der Waals surface area (Å²) in [6.45, 7) is 9.95. The van der Waals surface area contributed by atoms with Crippen molar-refractivity contribution in [3.05, 3.63) is 22.1 Å². The minimum absolute atomic E-state index is 0.108. The predicted molar refractivity (Wildman–Crippen MR) is 96.2 cm³/mol. The van der Waals surface area contributed by atoms with Crippen molar-refractivity contribution in [3.8, 4) is 0 Å². The van der Waals surface area contributed by atoms with E-state index in [9.17, 15) is 4.79 Å². The fraction of sp³-hybridized carbons (Fsp3) is 0.688. The minimum Gasteiger partial charge on any atom is -0.373 e. The number of likely N-dealkylation sites (N-methyl/N-ethyl adjacent to an activating group) is 1. The Hall–Kier alpha value is -1.51. The summed E-state index contributed by atoms with van der Waals surface area (Å²) in [5.74, 6) is 0. The van der Waals surface area contributed by atoms with Gasteiger partial charge in [0.1, 0.15) is 0 Å². The van der Waals surface area contributed by atoms with E-state index in [0.717, 1.165) is 43.4 Å². The second-order valence-corrected chi connectivity index (χ2v) is 7.39.